The monoisotopic (exact) mass is 287 g/mol. The molecule has 1 aliphatic rings. The highest BCUT2D eigenvalue weighted by atomic mass is 32.2. The highest BCUT2D eigenvalue weighted by Crippen LogP contribution is 2.31. The molecule has 1 aromatic heterocycles. The summed E-state index contributed by atoms with van der Waals surface area (Å²) in [6, 6.07) is 0. The second-order valence-electron chi connectivity index (χ2n) is 3.71. The first kappa shape index (κ1) is 13.3. The van der Waals surface area contributed by atoms with Gasteiger partial charge in [-0.25, -0.2) is 0 Å². The Kier molecular flexibility index (Phi) is 4.18. The zero-order chi connectivity index (χ0) is 13.1. The van der Waals surface area contributed by atoms with Crippen molar-refractivity contribution in [3.8, 4) is 0 Å². The Morgan fingerprint density at radius 1 is 1.61 bits per heavy atom. The fraction of sp³-hybridized carbons (Fsp3) is 0.600. The Bertz CT molecular complexity index is 463. The van der Waals surface area contributed by atoms with E-state index in [-0.39, 0.29) is 18.3 Å². The van der Waals surface area contributed by atoms with Crippen molar-refractivity contribution in [1.82, 2.24) is 10.2 Å². The summed E-state index contributed by atoms with van der Waals surface area (Å²) in [6.07, 6.45) is 0.183. The van der Waals surface area contributed by atoms with Crippen molar-refractivity contribution in [3.05, 3.63) is 0 Å². The van der Waals surface area contributed by atoms with Crippen LogP contribution in [0.25, 0.3) is 0 Å². The third-order valence-electron chi connectivity index (χ3n) is 2.55. The molecule has 1 unspecified atom stereocenters. The van der Waals surface area contributed by atoms with Crippen LogP contribution in [0.4, 0.5) is 5.13 Å². The molecule has 0 aliphatic carbocycles. The topological polar surface area (TPSA) is 72.4 Å². The first-order valence-electron chi connectivity index (χ1n) is 5.50. The second-order valence-corrected chi connectivity index (χ2v) is 6.18. The first-order valence-corrected chi connectivity index (χ1v) is 7.30. The number of methoxy groups -OCH3 is 1. The molecule has 2 rings (SSSR count). The van der Waals surface area contributed by atoms with Gasteiger partial charge in [0.05, 0.1) is 13.0 Å². The minimum Gasteiger partial charge on any atom is -0.469 e. The number of esters is 1. The molecular weight excluding hydrogens is 274 g/mol. The number of hydrogen-bond acceptors (Lipinski definition) is 7. The quantitative estimate of drug-likeness (QED) is 0.470. The average molecular weight is 287 g/mol. The molecule has 6 nitrogen and oxygen atoms in total. The van der Waals surface area contributed by atoms with Crippen molar-refractivity contribution >= 4 is 40.1 Å². The number of thioether (sulfide) groups is 1. The number of anilines is 1. The second kappa shape index (κ2) is 5.66. The van der Waals surface area contributed by atoms with Crippen LogP contribution in [0, 0.1) is 5.92 Å². The van der Waals surface area contributed by atoms with Crippen molar-refractivity contribution in [2.24, 2.45) is 5.92 Å². The predicted molar refractivity (Wildman–Crippen MR) is 68.8 cm³/mol. The summed E-state index contributed by atoms with van der Waals surface area (Å²) in [6.45, 7) is 2.36. The van der Waals surface area contributed by atoms with E-state index < -0.39 is 5.92 Å². The summed E-state index contributed by atoms with van der Waals surface area (Å²) >= 11 is 2.96. The van der Waals surface area contributed by atoms with Crippen LogP contribution < -0.4 is 4.90 Å². The van der Waals surface area contributed by atoms with E-state index in [0.717, 1.165) is 10.1 Å². The van der Waals surface area contributed by atoms with Crippen molar-refractivity contribution in [2.75, 3.05) is 24.3 Å². The van der Waals surface area contributed by atoms with Gasteiger partial charge in [0.1, 0.15) is 0 Å². The summed E-state index contributed by atoms with van der Waals surface area (Å²) in [5.41, 5.74) is 0. The lowest BCUT2D eigenvalue weighted by Crippen LogP contribution is -2.26. The van der Waals surface area contributed by atoms with E-state index in [0.29, 0.717) is 11.7 Å². The lowest BCUT2D eigenvalue weighted by Gasteiger charge is -2.10. The molecule has 0 bridgehead atoms. The van der Waals surface area contributed by atoms with Gasteiger partial charge in [0, 0.05) is 13.0 Å². The molecule has 0 aromatic carbocycles. The molecule has 1 saturated heterocycles. The summed E-state index contributed by atoms with van der Waals surface area (Å²) in [7, 11) is 1.33. The van der Waals surface area contributed by atoms with Gasteiger partial charge in [0.25, 0.3) is 0 Å². The Labute approximate surface area is 113 Å². The smallest absolute Gasteiger partial charge is 0.311 e. The molecule has 0 saturated carbocycles. The Hall–Kier alpha value is -1.15. The maximum Gasteiger partial charge on any atom is 0.311 e. The Morgan fingerprint density at radius 2 is 2.39 bits per heavy atom. The van der Waals surface area contributed by atoms with Gasteiger partial charge in [-0.2, -0.15) is 0 Å². The molecule has 1 aliphatic heterocycles. The Morgan fingerprint density at radius 3 is 3.06 bits per heavy atom. The average Bonchev–Trinajstić information content (AvgIpc) is 2.95. The SMILES string of the molecule is CCSc1nnc(N2CC(C(=O)OC)CC2=O)s1. The molecule has 8 heteroatoms. The van der Waals surface area contributed by atoms with Crippen molar-refractivity contribution < 1.29 is 14.3 Å². The summed E-state index contributed by atoms with van der Waals surface area (Å²) in [4.78, 5) is 24.7. The van der Waals surface area contributed by atoms with Crippen molar-refractivity contribution in [2.45, 2.75) is 17.7 Å². The summed E-state index contributed by atoms with van der Waals surface area (Å²) in [5, 5.41) is 8.54. The number of amides is 1. The Balaban J connectivity index is 2.09. The molecular formula is C10H13N3O3S2. The van der Waals surface area contributed by atoms with Crippen LogP contribution in [0.15, 0.2) is 4.34 Å². The lowest BCUT2D eigenvalue weighted by atomic mass is 10.1. The molecule has 98 valence electrons. The van der Waals surface area contributed by atoms with Gasteiger partial charge in [-0.15, -0.1) is 10.2 Å². The largest absolute Gasteiger partial charge is 0.469 e. The maximum atomic E-state index is 11.8. The van der Waals surface area contributed by atoms with E-state index in [1.54, 1.807) is 11.8 Å². The molecule has 0 N–H and O–H groups in total. The number of ether oxygens (including phenoxy) is 1. The normalized spacial score (nSPS) is 19.3. The fourth-order valence-corrected chi connectivity index (χ4v) is 3.47. The van der Waals surface area contributed by atoms with Crippen molar-refractivity contribution in [1.29, 1.82) is 0 Å². The zero-order valence-electron chi connectivity index (χ0n) is 10.1. The standard InChI is InChI=1S/C10H13N3O3S2/c1-3-17-10-12-11-9(18-10)13-5-6(4-7(13)14)8(15)16-2/h6H,3-5H2,1-2H3. The minimum absolute atomic E-state index is 0.102. The minimum atomic E-state index is -0.395. The summed E-state index contributed by atoms with van der Waals surface area (Å²) in [5.74, 6) is 0.0645. The maximum absolute atomic E-state index is 11.8. The van der Waals surface area contributed by atoms with E-state index >= 15 is 0 Å². The first-order chi connectivity index (χ1) is 8.65. The highest BCUT2D eigenvalue weighted by Gasteiger charge is 2.37. The molecule has 0 radical (unpaired) electrons. The van der Waals surface area contributed by atoms with Gasteiger partial charge in [-0.3, -0.25) is 14.5 Å². The number of nitrogens with zero attached hydrogens (tertiary/aromatic N) is 3. The molecule has 2 heterocycles. The van der Waals surface area contributed by atoms with E-state index in [4.69, 9.17) is 0 Å². The lowest BCUT2D eigenvalue weighted by molar-refractivity contribution is -0.145. The molecule has 1 fully saturated rings. The number of carbonyl (C=O) groups is 2. The predicted octanol–water partition coefficient (Wildman–Crippen LogP) is 1.18. The van der Waals surface area contributed by atoms with E-state index in [1.165, 1.54) is 23.3 Å². The highest BCUT2D eigenvalue weighted by molar-refractivity contribution is 8.01. The molecule has 0 spiro atoms. The van der Waals surface area contributed by atoms with Crippen LogP contribution in [0.5, 0.6) is 0 Å². The zero-order valence-corrected chi connectivity index (χ0v) is 11.7. The van der Waals surface area contributed by atoms with Gasteiger partial charge in [0.2, 0.25) is 11.0 Å². The van der Waals surface area contributed by atoms with Crippen LogP contribution in [0.2, 0.25) is 0 Å². The number of carbonyl (C=O) groups excluding carboxylic acids is 2. The van der Waals surface area contributed by atoms with Crippen LogP contribution in [0.1, 0.15) is 13.3 Å². The molecule has 1 amide bonds. The number of rotatable bonds is 4. The van der Waals surface area contributed by atoms with Crippen LogP contribution in [0.3, 0.4) is 0 Å². The number of aromatic nitrogens is 2. The van der Waals surface area contributed by atoms with Crippen molar-refractivity contribution in [3.63, 3.8) is 0 Å². The number of hydrogen-bond donors (Lipinski definition) is 0. The van der Waals surface area contributed by atoms with E-state index in [2.05, 4.69) is 14.9 Å². The van der Waals surface area contributed by atoms with Gasteiger partial charge in [0.15, 0.2) is 4.34 Å². The van der Waals surface area contributed by atoms with E-state index in [1.807, 2.05) is 6.92 Å². The van der Waals surface area contributed by atoms with Crippen LogP contribution in [-0.2, 0) is 14.3 Å². The van der Waals surface area contributed by atoms with Gasteiger partial charge < -0.3 is 4.74 Å². The summed E-state index contributed by atoms with van der Waals surface area (Å²) < 4.78 is 5.49. The van der Waals surface area contributed by atoms with Crippen LogP contribution >= 0.6 is 23.1 Å². The fourth-order valence-electron chi connectivity index (χ4n) is 1.71. The van der Waals surface area contributed by atoms with Gasteiger partial charge in [-0.1, -0.05) is 30.0 Å². The molecule has 18 heavy (non-hydrogen) atoms. The third kappa shape index (κ3) is 2.64. The molecule has 1 atom stereocenters. The third-order valence-corrected chi connectivity index (χ3v) is 4.52. The molecule has 1 aromatic rings. The van der Waals surface area contributed by atoms with Crippen LogP contribution in [-0.4, -0.2) is 41.5 Å². The van der Waals surface area contributed by atoms with Gasteiger partial charge >= 0.3 is 5.97 Å². The van der Waals surface area contributed by atoms with E-state index in [9.17, 15) is 9.59 Å². The van der Waals surface area contributed by atoms with Gasteiger partial charge in [-0.05, 0) is 5.75 Å².